The van der Waals surface area contributed by atoms with Crippen LogP contribution < -0.4 is 5.73 Å². The van der Waals surface area contributed by atoms with Crippen molar-refractivity contribution in [3.8, 4) is 0 Å². The van der Waals surface area contributed by atoms with Gasteiger partial charge in [0.15, 0.2) is 0 Å². The molecule has 0 aromatic heterocycles. The highest BCUT2D eigenvalue weighted by Crippen LogP contribution is 2.40. The van der Waals surface area contributed by atoms with Crippen molar-refractivity contribution in [3.05, 3.63) is 0 Å². The lowest BCUT2D eigenvalue weighted by atomic mass is 9.84. The van der Waals surface area contributed by atoms with Crippen LogP contribution in [0.15, 0.2) is 0 Å². The Hall–Kier alpha value is -0.0800. The SMILES string of the molecule is CC1(CN(CC2CC2)CC2CC2)CCCC1N. The van der Waals surface area contributed by atoms with E-state index in [1.54, 1.807) is 0 Å². The number of rotatable bonds is 6. The van der Waals surface area contributed by atoms with Gasteiger partial charge in [0.1, 0.15) is 0 Å². The zero-order chi connectivity index (χ0) is 11.9. The van der Waals surface area contributed by atoms with Crippen molar-refractivity contribution < 1.29 is 0 Å². The molecule has 2 atom stereocenters. The second-order valence-electron chi connectivity index (χ2n) is 7.23. The van der Waals surface area contributed by atoms with E-state index in [-0.39, 0.29) is 0 Å². The third-order valence-corrected chi connectivity index (χ3v) is 5.17. The van der Waals surface area contributed by atoms with Gasteiger partial charge in [-0.1, -0.05) is 13.3 Å². The zero-order valence-electron chi connectivity index (χ0n) is 11.3. The van der Waals surface area contributed by atoms with Crippen LogP contribution in [0.1, 0.15) is 51.9 Å². The van der Waals surface area contributed by atoms with Crippen molar-refractivity contribution in [3.63, 3.8) is 0 Å². The summed E-state index contributed by atoms with van der Waals surface area (Å²) < 4.78 is 0. The van der Waals surface area contributed by atoms with E-state index in [1.165, 1.54) is 64.6 Å². The molecule has 98 valence electrons. The van der Waals surface area contributed by atoms with Crippen LogP contribution in [0.4, 0.5) is 0 Å². The van der Waals surface area contributed by atoms with E-state index in [4.69, 9.17) is 5.73 Å². The fourth-order valence-electron chi connectivity index (χ4n) is 3.50. The van der Waals surface area contributed by atoms with Crippen LogP contribution in [0, 0.1) is 17.3 Å². The standard InChI is InChI=1S/C15H28N2/c1-15(8-2-3-14(15)16)11-17(9-12-4-5-12)10-13-6-7-13/h12-14H,2-11,16H2,1H3. The van der Waals surface area contributed by atoms with Gasteiger partial charge in [0, 0.05) is 25.7 Å². The molecule has 0 aromatic carbocycles. The summed E-state index contributed by atoms with van der Waals surface area (Å²) in [6, 6.07) is 0.448. The molecule has 0 spiro atoms. The predicted octanol–water partition coefficient (Wildman–Crippen LogP) is 2.63. The van der Waals surface area contributed by atoms with Crippen LogP contribution in [-0.2, 0) is 0 Å². The van der Waals surface area contributed by atoms with Gasteiger partial charge >= 0.3 is 0 Å². The Kier molecular flexibility index (Phi) is 3.20. The van der Waals surface area contributed by atoms with E-state index < -0.39 is 0 Å². The first-order valence-electron chi connectivity index (χ1n) is 7.64. The van der Waals surface area contributed by atoms with Gasteiger partial charge in [-0.2, -0.15) is 0 Å². The number of nitrogens with zero attached hydrogens (tertiary/aromatic N) is 1. The van der Waals surface area contributed by atoms with Gasteiger partial charge in [-0.3, -0.25) is 0 Å². The molecule has 2 heteroatoms. The minimum absolute atomic E-state index is 0.407. The molecule has 2 nitrogen and oxygen atoms in total. The maximum atomic E-state index is 6.33. The monoisotopic (exact) mass is 236 g/mol. The highest BCUT2D eigenvalue weighted by Gasteiger charge is 2.39. The first-order valence-corrected chi connectivity index (χ1v) is 7.64. The lowest BCUT2D eigenvalue weighted by Gasteiger charge is -2.36. The maximum Gasteiger partial charge on any atom is 0.0105 e. The average Bonchev–Trinajstić information content (AvgIpc) is 3.14. The van der Waals surface area contributed by atoms with Crippen molar-refractivity contribution >= 4 is 0 Å². The summed E-state index contributed by atoms with van der Waals surface area (Å²) in [7, 11) is 0. The lowest BCUT2D eigenvalue weighted by Crippen LogP contribution is -2.45. The van der Waals surface area contributed by atoms with Crippen LogP contribution in [0.2, 0.25) is 0 Å². The normalized spacial score (nSPS) is 37.9. The largest absolute Gasteiger partial charge is 0.327 e. The Bertz CT molecular complexity index is 256. The first kappa shape index (κ1) is 12.0. The molecule has 0 saturated heterocycles. The van der Waals surface area contributed by atoms with Crippen LogP contribution in [0.3, 0.4) is 0 Å². The molecule has 3 saturated carbocycles. The predicted molar refractivity (Wildman–Crippen MR) is 71.8 cm³/mol. The Balaban J connectivity index is 1.57. The summed E-state index contributed by atoms with van der Waals surface area (Å²) in [5, 5.41) is 0. The van der Waals surface area contributed by atoms with Crippen LogP contribution in [0.25, 0.3) is 0 Å². The second-order valence-corrected chi connectivity index (χ2v) is 7.23. The number of hydrogen-bond acceptors (Lipinski definition) is 2. The Morgan fingerprint density at radius 3 is 2.06 bits per heavy atom. The minimum atomic E-state index is 0.407. The van der Waals surface area contributed by atoms with E-state index in [1.807, 2.05) is 0 Å². The molecule has 0 aromatic rings. The quantitative estimate of drug-likeness (QED) is 0.768. The fraction of sp³-hybridized carbons (Fsp3) is 1.00. The van der Waals surface area contributed by atoms with E-state index in [0.717, 1.165) is 11.8 Å². The van der Waals surface area contributed by atoms with Gasteiger partial charge in [0.25, 0.3) is 0 Å². The molecule has 0 amide bonds. The average molecular weight is 236 g/mol. The topological polar surface area (TPSA) is 29.3 Å². The van der Waals surface area contributed by atoms with Crippen LogP contribution in [-0.4, -0.2) is 30.6 Å². The van der Waals surface area contributed by atoms with Gasteiger partial charge < -0.3 is 10.6 Å². The molecule has 3 fully saturated rings. The van der Waals surface area contributed by atoms with Crippen molar-refractivity contribution in [2.45, 2.75) is 57.9 Å². The van der Waals surface area contributed by atoms with Crippen molar-refractivity contribution in [1.82, 2.24) is 4.90 Å². The van der Waals surface area contributed by atoms with Crippen molar-refractivity contribution in [2.24, 2.45) is 23.0 Å². The maximum absolute atomic E-state index is 6.33. The Morgan fingerprint density at radius 1 is 1.06 bits per heavy atom. The number of nitrogens with two attached hydrogens (primary N) is 1. The third kappa shape index (κ3) is 3.03. The van der Waals surface area contributed by atoms with E-state index in [9.17, 15) is 0 Å². The minimum Gasteiger partial charge on any atom is -0.327 e. The Morgan fingerprint density at radius 2 is 1.65 bits per heavy atom. The summed E-state index contributed by atoms with van der Waals surface area (Å²) in [4.78, 5) is 2.76. The molecule has 0 aliphatic heterocycles. The molecule has 0 bridgehead atoms. The first-order chi connectivity index (χ1) is 8.16. The summed E-state index contributed by atoms with van der Waals surface area (Å²) in [6.45, 7) is 6.41. The summed E-state index contributed by atoms with van der Waals surface area (Å²) in [5.41, 5.74) is 6.73. The molecule has 0 heterocycles. The molecule has 2 N–H and O–H groups in total. The molecule has 17 heavy (non-hydrogen) atoms. The summed E-state index contributed by atoms with van der Waals surface area (Å²) in [6.07, 6.45) is 9.84. The molecule has 2 unspecified atom stereocenters. The van der Waals surface area contributed by atoms with Crippen LogP contribution >= 0.6 is 0 Å². The highest BCUT2D eigenvalue weighted by atomic mass is 15.1. The van der Waals surface area contributed by atoms with Crippen molar-refractivity contribution in [2.75, 3.05) is 19.6 Å². The van der Waals surface area contributed by atoms with E-state index >= 15 is 0 Å². The molecule has 3 aliphatic rings. The van der Waals surface area contributed by atoms with Gasteiger partial charge in [0.2, 0.25) is 0 Å². The number of hydrogen-bond donors (Lipinski definition) is 1. The van der Waals surface area contributed by atoms with E-state index in [2.05, 4.69) is 11.8 Å². The molecule has 3 rings (SSSR count). The summed E-state index contributed by atoms with van der Waals surface area (Å²) in [5.74, 6) is 2.05. The summed E-state index contributed by atoms with van der Waals surface area (Å²) >= 11 is 0. The molecule has 3 aliphatic carbocycles. The van der Waals surface area contributed by atoms with Gasteiger partial charge in [-0.25, -0.2) is 0 Å². The van der Waals surface area contributed by atoms with Crippen molar-refractivity contribution in [1.29, 1.82) is 0 Å². The van der Waals surface area contributed by atoms with Gasteiger partial charge in [0.05, 0.1) is 0 Å². The molecular formula is C15H28N2. The Labute approximate surface area is 106 Å². The molecule has 0 radical (unpaired) electrons. The third-order valence-electron chi connectivity index (χ3n) is 5.17. The van der Waals surface area contributed by atoms with E-state index in [0.29, 0.717) is 11.5 Å². The van der Waals surface area contributed by atoms with Gasteiger partial charge in [-0.15, -0.1) is 0 Å². The van der Waals surface area contributed by atoms with Crippen LogP contribution in [0.5, 0.6) is 0 Å². The smallest absolute Gasteiger partial charge is 0.0105 e. The fourth-order valence-corrected chi connectivity index (χ4v) is 3.50. The zero-order valence-corrected chi connectivity index (χ0v) is 11.3. The molecular weight excluding hydrogens is 208 g/mol. The van der Waals surface area contributed by atoms with Gasteiger partial charge in [-0.05, 0) is 55.8 Å². The lowest BCUT2D eigenvalue weighted by molar-refractivity contribution is 0.143. The highest BCUT2D eigenvalue weighted by molar-refractivity contribution is 4.95. The second kappa shape index (κ2) is 4.55.